The van der Waals surface area contributed by atoms with E-state index in [1.807, 2.05) is 0 Å². The molecule has 0 aromatic carbocycles. The summed E-state index contributed by atoms with van der Waals surface area (Å²) in [5, 5.41) is 109. The van der Waals surface area contributed by atoms with Gasteiger partial charge in [0.2, 0.25) is 0 Å². The Labute approximate surface area is 370 Å². The van der Waals surface area contributed by atoms with Crippen molar-refractivity contribution in [2.75, 3.05) is 19.8 Å². The first kappa shape index (κ1) is 47.4. The number of aliphatic hydroxyl groups is 10. The Hall–Kier alpha value is -0.680. The summed E-state index contributed by atoms with van der Waals surface area (Å²) in [6, 6.07) is 0. The van der Waals surface area contributed by atoms with E-state index < -0.39 is 114 Å². The molecule has 9 rings (SSSR count). The lowest BCUT2D eigenvalue weighted by Gasteiger charge is -2.67. The normalized spacial score (nSPS) is 59.0. The van der Waals surface area contributed by atoms with Crippen LogP contribution < -0.4 is 0 Å². The van der Waals surface area contributed by atoms with Gasteiger partial charge in [0.15, 0.2) is 18.9 Å². The molecule has 9 aliphatic rings. The fourth-order valence-corrected chi connectivity index (χ4v) is 16.1. The lowest BCUT2D eigenvalue weighted by Crippen LogP contribution is -2.66. The van der Waals surface area contributed by atoms with Crippen LogP contribution in [0.5, 0.6) is 0 Å². The van der Waals surface area contributed by atoms with E-state index in [1.165, 1.54) is 0 Å². The van der Waals surface area contributed by atoms with E-state index in [0.29, 0.717) is 32.1 Å². The predicted molar refractivity (Wildman–Crippen MR) is 219 cm³/mol. The van der Waals surface area contributed by atoms with Gasteiger partial charge in [-0.3, -0.25) is 0 Å². The average Bonchev–Trinajstić information content (AvgIpc) is 3.60. The van der Waals surface area contributed by atoms with Crippen molar-refractivity contribution in [3.05, 3.63) is 0 Å². The van der Waals surface area contributed by atoms with Crippen LogP contribution in [0.4, 0.5) is 0 Å². The summed E-state index contributed by atoms with van der Waals surface area (Å²) in [4.78, 5) is 0. The molecule has 0 aromatic heterocycles. The van der Waals surface area contributed by atoms with Crippen molar-refractivity contribution in [2.45, 2.75) is 223 Å². The van der Waals surface area contributed by atoms with Crippen LogP contribution in [-0.4, -0.2) is 180 Å². The Morgan fingerprint density at radius 1 is 0.603 bits per heavy atom. The van der Waals surface area contributed by atoms with E-state index in [0.717, 1.165) is 25.7 Å². The maximum Gasteiger partial charge on any atom is 0.186 e. The molecule has 9 fully saturated rings. The molecule has 0 aromatic rings. The first-order valence-corrected chi connectivity index (χ1v) is 23.6. The highest BCUT2D eigenvalue weighted by atomic mass is 16.8. The van der Waals surface area contributed by atoms with E-state index in [4.69, 9.17) is 33.2 Å². The first-order chi connectivity index (χ1) is 29.2. The third-order valence-corrected chi connectivity index (χ3v) is 20.0. The molecule has 5 aliphatic carbocycles. The van der Waals surface area contributed by atoms with Gasteiger partial charge in [0, 0.05) is 5.41 Å². The summed E-state index contributed by atoms with van der Waals surface area (Å²) >= 11 is 0. The lowest BCUT2D eigenvalue weighted by molar-refractivity contribution is -0.359. The highest BCUT2D eigenvalue weighted by Crippen LogP contribution is 2.90. The highest BCUT2D eigenvalue weighted by Gasteiger charge is 2.87. The van der Waals surface area contributed by atoms with Gasteiger partial charge in [0.1, 0.15) is 54.9 Å². The second-order valence-electron chi connectivity index (χ2n) is 23.5. The molecule has 63 heavy (non-hydrogen) atoms. The number of hydrogen-bond acceptors (Lipinski definition) is 17. The van der Waals surface area contributed by atoms with Crippen LogP contribution in [-0.2, 0) is 33.2 Å². The Morgan fingerprint density at radius 3 is 1.76 bits per heavy atom. The Balaban J connectivity index is 1.04. The SMILES string of the molecule is CC(C)(O)[C@@H]1CC[C@](C)([C@@]2(C)[C@@H](O)C[C@@]3(C)[C@@H]4C[C@H](O[C@@H]5OC[C@@H](O)[C@H](O)[C@H]5O)[C@H]5C(C)(C)[C@@H](O[C@@H]6OC[C@@H](O)[C@H](O)[C@H]6O[C@@H]6OC[C@H](O)[C@H](O)[C@H]6O)CC[C@@]56C[C@@]46CC[C@]23C)O1. The molecule has 0 amide bonds. The maximum absolute atomic E-state index is 12.5. The molecule has 0 unspecified atom stereocenters. The van der Waals surface area contributed by atoms with Crippen LogP contribution in [0.2, 0.25) is 0 Å². The fourth-order valence-electron chi connectivity index (χ4n) is 16.1. The van der Waals surface area contributed by atoms with E-state index in [1.54, 1.807) is 13.8 Å². The van der Waals surface area contributed by atoms with Crippen molar-refractivity contribution >= 4 is 0 Å². The van der Waals surface area contributed by atoms with Gasteiger partial charge in [-0.15, -0.1) is 0 Å². The molecular weight excluding hydrogens is 824 g/mol. The summed E-state index contributed by atoms with van der Waals surface area (Å²) in [5.74, 6) is -0.111. The van der Waals surface area contributed by atoms with Crippen LogP contribution >= 0.6 is 0 Å². The molecule has 362 valence electrons. The van der Waals surface area contributed by atoms with Gasteiger partial charge in [-0.1, -0.05) is 34.6 Å². The minimum Gasteiger partial charge on any atom is -0.392 e. The van der Waals surface area contributed by atoms with Crippen molar-refractivity contribution in [2.24, 2.45) is 44.3 Å². The van der Waals surface area contributed by atoms with Crippen LogP contribution in [0.1, 0.15) is 113 Å². The molecule has 2 spiro atoms. The molecule has 10 N–H and O–H groups in total. The number of aliphatic hydroxyl groups excluding tert-OH is 9. The molecule has 4 heterocycles. The van der Waals surface area contributed by atoms with Crippen molar-refractivity contribution in [3.63, 3.8) is 0 Å². The smallest absolute Gasteiger partial charge is 0.186 e. The summed E-state index contributed by atoms with van der Waals surface area (Å²) in [5.41, 5.74) is -4.20. The maximum atomic E-state index is 12.5. The molecule has 24 atom stereocenters. The predicted octanol–water partition coefficient (Wildman–Crippen LogP) is 0.217. The van der Waals surface area contributed by atoms with Crippen molar-refractivity contribution < 1.29 is 84.2 Å². The van der Waals surface area contributed by atoms with E-state index in [9.17, 15) is 51.1 Å². The number of hydrogen-bond donors (Lipinski definition) is 10. The zero-order valence-electron chi connectivity index (χ0n) is 38.2. The second-order valence-corrected chi connectivity index (χ2v) is 23.5. The number of ether oxygens (including phenoxy) is 7. The van der Waals surface area contributed by atoms with E-state index in [2.05, 4.69) is 41.5 Å². The molecule has 0 bridgehead atoms. The van der Waals surface area contributed by atoms with Crippen molar-refractivity contribution in [1.29, 1.82) is 0 Å². The average molecular weight is 901 g/mol. The van der Waals surface area contributed by atoms with Gasteiger partial charge in [-0.2, -0.15) is 0 Å². The largest absolute Gasteiger partial charge is 0.392 e. The van der Waals surface area contributed by atoms with Crippen molar-refractivity contribution in [1.82, 2.24) is 0 Å². The lowest BCUT2D eigenvalue weighted by atomic mass is 9.39. The molecule has 4 saturated heterocycles. The molecule has 5 saturated carbocycles. The standard InChI is InChI=1S/C46H76O17/c1-39(2)27(61-38-34(31(53)23(49)19-59-38)62-37-33(55)30(52)22(48)18-58-37)10-12-46-20-45(46)14-13-42(6)41(5,16-26(50)44(42,8)43(7)11-9-28(63-43)40(3,4)56)25(45)15-24(35(39)46)60-36-32(54)29(51)21(47)17-57-36/h21-38,47-56H,9-20H2,1-8H3/t21-,22+,23-,24+,25+,26+,27+,28+,29+,30+,31+,32-,33-,34-,35+,36+,37+,38+,41+,42+,43-,44+,45+,46-/m1/s1. The van der Waals surface area contributed by atoms with Gasteiger partial charge in [-0.25, -0.2) is 0 Å². The molecule has 17 heteroatoms. The fraction of sp³-hybridized carbons (Fsp3) is 1.00. The van der Waals surface area contributed by atoms with Crippen molar-refractivity contribution in [3.8, 4) is 0 Å². The number of fused-ring (bicyclic) bond motifs is 2. The molecule has 4 aliphatic heterocycles. The van der Waals surface area contributed by atoms with Crippen LogP contribution in [0.15, 0.2) is 0 Å². The van der Waals surface area contributed by atoms with E-state index in [-0.39, 0.29) is 59.4 Å². The van der Waals surface area contributed by atoms with Gasteiger partial charge in [-0.05, 0) is 117 Å². The summed E-state index contributed by atoms with van der Waals surface area (Å²) in [6.45, 7) is 16.0. The Kier molecular flexibility index (Phi) is 11.6. The zero-order chi connectivity index (χ0) is 45.8. The summed E-state index contributed by atoms with van der Waals surface area (Å²) in [7, 11) is 0. The molecule has 0 radical (unpaired) electrons. The minimum absolute atomic E-state index is 0.0768. The topological polar surface area (TPSA) is 267 Å². The molecule has 17 nitrogen and oxygen atoms in total. The van der Waals surface area contributed by atoms with Gasteiger partial charge in [0.05, 0.1) is 55.4 Å². The minimum atomic E-state index is -1.65. The van der Waals surface area contributed by atoms with Gasteiger partial charge < -0.3 is 84.2 Å². The van der Waals surface area contributed by atoms with Crippen LogP contribution in [0.3, 0.4) is 0 Å². The number of rotatable bonds is 8. The summed E-state index contributed by atoms with van der Waals surface area (Å²) in [6.07, 6.45) is -12.5. The Morgan fingerprint density at radius 2 is 1.17 bits per heavy atom. The second kappa shape index (κ2) is 15.4. The molecular formula is C46H76O17. The monoisotopic (exact) mass is 901 g/mol. The van der Waals surface area contributed by atoms with Gasteiger partial charge in [0.25, 0.3) is 0 Å². The Bertz CT molecular complexity index is 1710. The van der Waals surface area contributed by atoms with E-state index >= 15 is 0 Å². The zero-order valence-corrected chi connectivity index (χ0v) is 38.2. The van der Waals surface area contributed by atoms with Crippen LogP contribution in [0.25, 0.3) is 0 Å². The third kappa shape index (κ3) is 6.56. The third-order valence-electron chi connectivity index (χ3n) is 20.0. The quantitative estimate of drug-likeness (QED) is 0.146. The van der Waals surface area contributed by atoms with Crippen LogP contribution in [0, 0.1) is 44.3 Å². The highest BCUT2D eigenvalue weighted by molar-refractivity contribution is 5.35. The van der Waals surface area contributed by atoms with Gasteiger partial charge >= 0.3 is 0 Å². The first-order valence-electron chi connectivity index (χ1n) is 23.6. The summed E-state index contributed by atoms with van der Waals surface area (Å²) < 4.78 is 44.2.